The first-order chi connectivity index (χ1) is 9.06. The molecule has 0 aromatic heterocycles. The maximum absolute atomic E-state index is 11.8. The summed E-state index contributed by atoms with van der Waals surface area (Å²) in [4.78, 5) is 11.8. The Morgan fingerprint density at radius 2 is 1.70 bits per heavy atom. The second kappa shape index (κ2) is 7.85. The van der Waals surface area contributed by atoms with Crippen LogP contribution in [0.3, 0.4) is 0 Å². The van der Waals surface area contributed by atoms with Crippen LogP contribution >= 0.6 is 0 Å². The molecule has 1 unspecified atom stereocenters. The van der Waals surface area contributed by atoms with Crippen LogP contribution in [0.5, 0.6) is 0 Å². The zero-order chi connectivity index (χ0) is 16.0. The molecule has 0 aromatic rings. The van der Waals surface area contributed by atoms with Gasteiger partial charge >= 0.3 is 5.97 Å². The highest BCUT2D eigenvalue weighted by Crippen LogP contribution is 2.43. The van der Waals surface area contributed by atoms with E-state index in [1.807, 2.05) is 13.8 Å². The van der Waals surface area contributed by atoms with Crippen molar-refractivity contribution < 1.29 is 9.53 Å². The minimum Gasteiger partial charge on any atom is -0.456 e. The Kier molecular flexibility index (Phi) is 7.54. The molecule has 0 N–H and O–H groups in total. The maximum atomic E-state index is 11.8. The van der Waals surface area contributed by atoms with Crippen molar-refractivity contribution in [1.29, 1.82) is 0 Å². The van der Waals surface area contributed by atoms with Crippen LogP contribution in [0.1, 0.15) is 80.6 Å². The van der Waals surface area contributed by atoms with Crippen molar-refractivity contribution in [1.82, 2.24) is 0 Å². The molecule has 0 aliphatic rings. The van der Waals surface area contributed by atoms with E-state index in [1.165, 1.54) is 32.1 Å². The van der Waals surface area contributed by atoms with E-state index in [-0.39, 0.29) is 11.4 Å². The largest absolute Gasteiger partial charge is 0.456 e. The smallest absolute Gasteiger partial charge is 0.333 e. The number of ether oxygens (including phenoxy) is 1. The summed E-state index contributed by atoms with van der Waals surface area (Å²) in [5, 5.41) is 0. The summed E-state index contributed by atoms with van der Waals surface area (Å²) in [6.07, 6.45) is 6.30. The van der Waals surface area contributed by atoms with E-state index in [2.05, 4.69) is 34.3 Å². The lowest BCUT2D eigenvalue weighted by atomic mass is 9.67. The minimum absolute atomic E-state index is 0.0652. The molecular weight excluding hydrogens is 248 g/mol. The van der Waals surface area contributed by atoms with Gasteiger partial charge in [0.15, 0.2) is 0 Å². The molecule has 0 radical (unpaired) electrons. The van der Waals surface area contributed by atoms with E-state index in [9.17, 15) is 4.79 Å². The van der Waals surface area contributed by atoms with Gasteiger partial charge in [-0.2, -0.15) is 0 Å². The van der Waals surface area contributed by atoms with Crippen molar-refractivity contribution in [3.8, 4) is 0 Å². The predicted octanol–water partition coefficient (Wildman–Crippen LogP) is 5.52. The topological polar surface area (TPSA) is 26.3 Å². The monoisotopic (exact) mass is 282 g/mol. The molecule has 0 saturated carbocycles. The predicted molar refractivity (Wildman–Crippen MR) is 86.7 cm³/mol. The lowest BCUT2D eigenvalue weighted by Crippen LogP contribution is -2.47. The molecule has 20 heavy (non-hydrogen) atoms. The molecule has 118 valence electrons. The average Bonchev–Trinajstić information content (AvgIpc) is 2.33. The molecule has 0 saturated heterocycles. The standard InChI is InChI=1S/C18H34O2/c1-9-10-11-12-13-15(4)17(5,6)18(7,8)20-16(19)14(2)3/h15H,2,9-13H2,1,3-8H3. The third kappa shape index (κ3) is 5.30. The highest BCUT2D eigenvalue weighted by molar-refractivity contribution is 5.87. The highest BCUT2D eigenvalue weighted by Gasteiger charge is 2.43. The first kappa shape index (κ1) is 19.2. The van der Waals surface area contributed by atoms with Crippen molar-refractivity contribution in [2.45, 2.75) is 86.2 Å². The number of rotatable bonds is 9. The second-order valence-electron chi connectivity index (χ2n) is 7.15. The van der Waals surface area contributed by atoms with Gasteiger partial charge in [-0.1, -0.05) is 66.4 Å². The number of hydrogen-bond acceptors (Lipinski definition) is 2. The van der Waals surface area contributed by atoms with Crippen LogP contribution in [0.2, 0.25) is 0 Å². The lowest BCUT2D eigenvalue weighted by molar-refractivity contribution is -0.168. The van der Waals surface area contributed by atoms with Gasteiger partial charge in [0.25, 0.3) is 0 Å². The molecule has 1 atom stereocenters. The van der Waals surface area contributed by atoms with Crippen molar-refractivity contribution in [3.05, 3.63) is 12.2 Å². The Balaban J connectivity index is 4.64. The average molecular weight is 282 g/mol. The molecule has 0 amide bonds. The van der Waals surface area contributed by atoms with Crippen molar-refractivity contribution >= 4 is 5.97 Å². The van der Waals surface area contributed by atoms with E-state index in [0.717, 1.165) is 0 Å². The molecule has 0 aliphatic heterocycles. The van der Waals surface area contributed by atoms with Gasteiger partial charge in [-0.25, -0.2) is 4.79 Å². The summed E-state index contributed by atoms with van der Waals surface area (Å²) in [6, 6.07) is 0. The summed E-state index contributed by atoms with van der Waals surface area (Å²) >= 11 is 0. The normalized spacial score (nSPS) is 13.9. The van der Waals surface area contributed by atoms with Crippen molar-refractivity contribution in [2.24, 2.45) is 11.3 Å². The van der Waals surface area contributed by atoms with Gasteiger partial charge in [0.1, 0.15) is 5.60 Å². The van der Waals surface area contributed by atoms with E-state index in [0.29, 0.717) is 11.5 Å². The Hall–Kier alpha value is -0.790. The third-order valence-electron chi connectivity index (χ3n) is 4.97. The molecule has 2 heteroatoms. The fourth-order valence-corrected chi connectivity index (χ4v) is 2.28. The summed E-state index contributed by atoms with van der Waals surface area (Å²) in [6.45, 7) is 18.3. The van der Waals surface area contributed by atoms with E-state index in [4.69, 9.17) is 4.74 Å². The molecule has 0 aliphatic carbocycles. The van der Waals surface area contributed by atoms with Crippen LogP contribution < -0.4 is 0 Å². The number of hydrogen-bond donors (Lipinski definition) is 0. The van der Waals surface area contributed by atoms with Gasteiger partial charge in [-0.05, 0) is 26.7 Å². The highest BCUT2D eigenvalue weighted by atomic mass is 16.6. The van der Waals surface area contributed by atoms with Crippen LogP contribution in [0.15, 0.2) is 12.2 Å². The fourth-order valence-electron chi connectivity index (χ4n) is 2.28. The first-order valence-electron chi connectivity index (χ1n) is 7.95. The molecular formula is C18H34O2. The number of unbranched alkanes of at least 4 members (excludes halogenated alkanes) is 3. The van der Waals surface area contributed by atoms with Gasteiger partial charge in [0.05, 0.1) is 0 Å². The molecule has 0 heterocycles. The van der Waals surface area contributed by atoms with Crippen molar-refractivity contribution in [2.75, 3.05) is 0 Å². The minimum atomic E-state index is -0.493. The molecule has 0 spiro atoms. The summed E-state index contributed by atoms with van der Waals surface area (Å²) < 4.78 is 5.67. The molecule has 0 bridgehead atoms. The summed E-state index contributed by atoms with van der Waals surface area (Å²) in [5.41, 5.74) is -0.0955. The summed E-state index contributed by atoms with van der Waals surface area (Å²) in [7, 11) is 0. The van der Waals surface area contributed by atoms with Gasteiger partial charge in [-0.15, -0.1) is 0 Å². The fraction of sp³-hybridized carbons (Fsp3) is 0.833. The molecule has 2 nitrogen and oxygen atoms in total. The lowest BCUT2D eigenvalue weighted by Gasteiger charge is -2.45. The Labute approximate surface area is 126 Å². The second-order valence-corrected chi connectivity index (χ2v) is 7.15. The van der Waals surface area contributed by atoms with Crippen LogP contribution in [-0.4, -0.2) is 11.6 Å². The zero-order valence-corrected chi connectivity index (χ0v) is 14.6. The van der Waals surface area contributed by atoms with Crippen LogP contribution in [0.25, 0.3) is 0 Å². The Morgan fingerprint density at radius 3 is 2.15 bits per heavy atom. The van der Waals surface area contributed by atoms with Gasteiger partial charge < -0.3 is 4.74 Å². The zero-order valence-electron chi connectivity index (χ0n) is 14.6. The van der Waals surface area contributed by atoms with E-state index >= 15 is 0 Å². The van der Waals surface area contributed by atoms with Crippen LogP contribution in [0, 0.1) is 11.3 Å². The molecule has 0 aromatic carbocycles. The number of esters is 1. The van der Waals surface area contributed by atoms with Crippen LogP contribution in [-0.2, 0) is 9.53 Å². The van der Waals surface area contributed by atoms with Crippen molar-refractivity contribution in [3.63, 3.8) is 0 Å². The number of carbonyl (C=O) groups excluding carboxylic acids is 1. The van der Waals surface area contributed by atoms with Gasteiger partial charge in [0.2, 0.25) is 0 Å². The summed E-state index contributed by atoms with van der Waals surface area (Å²) in [5.74, 6) is 0.216. The Morgan fingerprint density at radius 1 is 1.15 bits per heavy atom. The molecule has 0 rings (SSSR count). The molecule has 0 fully saturated rings. The maximum Gasteiger partial charge on any atom is 0.333 e. The van der Waals surface area contributed by atoms with E-state index in [1.54, 1.807) is 6.92 Å². The van der Waals surface area contributed by atoms with Gasteiger partial charge in [-0.3, -0.25) is 0 Å². The SMILES string of the molecule is C=C(C)C(=O)OC(C)(C)C(C)(C)C(C)CCCCCC. The van der Waals surface area contributed by atoms with Gasteiger partial charge in [0, 0.05) is 11.0 Å². The van der Waals surface area contributed by atoms with Crippen LogP contribution in [0.4, 0.5) is 0 Å². The Bertz CT molecular complexity index is 326. The third-order valence-corrected chi connectivity index (χ3v) is 4.97. The van der Waals surface area contributed by atoms with E-state index < -0.39 is 5.60 Å². The quantitative estimate of drug-likeness (QED) is 0.316. The first-order valence-corrected chi connectivity index (χ1v) is 7.95. The number of carbonyl (C=O) groups is 1.